The third kappa shape index (κ3) is 21.6. The number of unbranched alkanes of at least 4 members (excludes halogenated alkanes) is 17. The molecule has 0 fully saturated rings. The van der Waals surface area contributed by atoms with Crippen molar-refractivity contribution in [1.82, 2.24) is 0 Å². The molecule has 0 saturated heterocycles. The molecule has 0 amide bonds. The van der Waals surface area contributed by atoms with Crippen molar-refractivity contribution >= 4 is 0 Å². The monoisotopic (exact) mass is 379 g/mol. The van der Waals surface area contributed by atoms with Gasteiger partial charge in [-0.2, -0.15) is 5.26 Å². The van der Waals surface area contributed by atoms with Crippen LogP contribution in [0.1, 0.15) is 129 Å². The Morgan fingerprint density at radius 1 is 0.519 bits per heavy atom. The molecule has 0 N–H and O–H groups in total. The summed E-state index contributed by atoms with van der Waals surface area (Å²) in [6.45, 7) is 4.81. The highest BCUT2D eigenvalue weighted by Gasteiger charge is 2.13. The van der Waals surface area contributed by atoms with Crippen LogP contribution < -0.4 is 0 Å². The summed E-state index contributed by atoms with van der Waals surface area (Å²) in [5.74, 6) is 0. The minimum Gasteiger partial charge on any atom is -0.328 e. The minimum atomic E-state index is 0.721. The Morgan fingerprint density at radius 2 is 0.852 bits per heavy atom. The predicted octanol–water partition coefficient (Wildman–Crippen LogP) is 8.02. The number of quaternary nitrogens is 1. The van der Waals surface area contributed by atoms with Gasteiger partial charge < -0.3 is 4.48 Å². The van der Waals surface area contributed by atoms with Gasteiger partial charge in [0.1, 0.15) is 0 Å². The maximum absolute atomic E-state index is 8.60. The summed E-state index contributed by atoms with van der Waals surface area (Å²) in [6, 6.07) is 2.25. The number of nitrogens with zero attached hydrogens (tertiary/aromatic N) is 2. The van der Waals surface area contributed by atoms with E-state index in [1.807, 2.05) is 0 Å². The van der Waals surface area contributed by atoms with Crippen molar-refractivity contribution in [2.75, 3.05) is 27.2 Å². The second-order valence-electron chi connectivity index (χ2n) is 9.30. The molecule has 0 aromatic carbocycles. The molecule has 0 rings (SSSR count). The average Bonchev–Trinajstić information content (AvgIpc) is 2.65. The number of hydrogen-bond donors (Lipinski definition) is 0. The van der Waals surface area contributed by atoms with Crippen LogP contribution in [0.3, 0.4) is 0 Å². The second kappa shape index (κ2) is 20.2. The van der Waals surface area contributed by atoms with E-state index in [-0.39, 0.29) is 0 Å². The zero-order chi connectivity index (χ0) is 20.1. The minimum absolute atomic E-state index is 0.721. The first-order valence-electron chi connectivity index (χ1n) is 12.3. The third-order valence-corrected chi connectivity index (χ3v) is 5.92. The predicted molar refractivity (Wildman–Crippen MR) is 121 cm³/mol. The van der Waals surface area contributed by atoms with E-state index in [0.717, 1.165) is 17.3 Å². The maximum Gasteiger partial charge on any atom is 0.0782 e. The fourth-order valence-corrected chi connectivity index (χ4v) is 3.94. The van der Waals surface area contributed by atoms with E-state index < -0.39 is 0 Å². The SMILES string of the molecule is CCCCCCCCCCCCCCCCCC[N+](C)(C)CCCCC#N. The Labute approximate surface area is 172 Å². The van der Waals surface area contributed by atoms with E-state index in [1.165, 1.54) is 122 Å². The highest BCUT2D eigenvalue weighted by molar-refractivity contribution is 4.67. The van der Waals surface area contributed by atoms with Crippen molar-refractivity contribution in [3.05, 3.63) is 0 Å². The number of rotatable bonds is 21. The molecular formula is C25H51N2+. The third-order valence-electron chi connectivity index (χ3n) is 5.92. The molecule has 160 valence electrons. The second-order valence-corrected chi connectivity index (χ2v) is 9.30. The van der Waals surface area contributed by atoms with Gasteiger partial charge in [-0.3, -0.25) is 0 Å². The molecule has 2 nitrogen and oxygen atoms in total. The molecule has 0 saturated carbocycles. The van der Waals surface area contributed by atoms with Gasteiger partial charge >= 0.3 is 0 Å². The van der Waals surface area contributed by atoms with Crippen LogP contribution in [0.15, 0.2) is 0 Å². The Balaban J connectivity index is 3.21. The average molecular weight is 380 g/mol. The van der Waals surface area contributed by atoms with Gasteiger partial charge in [-0.1, -0.05) is 96.8 Å². The summed E-state index contributed by atoms with van der Waals surface area (Å²) in [5.41, 5.74) is 0. The van der Waals surface area contributed by atoms with E-state index in [0.29, 0.717) is 0 Å². The van der Waals surface area contributed by atoms with Crippen LogP contribution in [-0.2, 0) is 0 Å². The van der Waals surface area contributed by atoms with Gasteiger partial charge in [0.15, 0.2) is 0 Å². The largest absolute Gasteiger partial charge is 0.328 e. The van der Waals surface area contributed by atoms with Crippen molar-refractivity contribution in [3.63, 3.8) is 0 Å². The van der Waals surface area contributed by atoms with Gasteiger partial charge in [0, 0.05) is 6.42 Å². The lowest BCUT2D eigenvalue weighted by Crippen LogP contribution is -2.41. The summed E-state index contributed by atoms with van der Waals surface area (Å²) >= 11 is 0. The molecule has 0 aliphatic rings. The van der Waals surface area contributed by atoms with Crippen LogP contribution in [0.2, 0.25) is 0 Å². The molecule has 0 aromatic rings. The van der Waals surface area contributed by atoms with Crippen LogP contribution >= 0.6 is 0 Å². The molecule has 0 bridgehead atoms. The van der Waals surface area contributed by atoms with E-state index >= 15 is 0 Å². The zero-order valence-electron chi connectivity index (χ0n) is 19.2. The summed E-state index contributed by atoms with van der Waals surface area (Å²) in [5, 5.41) is 8.60. The molecule has 0 aliphatic heterocycles. The molecule has 2 heteroatoms. The normalized spacial score (nSPS) is 11.6. The Morgan fingerprint density at radius 3 is 1.22 bits per heavy atom. The lowest BCUT2D eigenvalue weighted by atomic mass is 10.0. The van der Waals surface area contributed by atoms with Crippen LogP contribution in [-0.4, -0.2) is 31.7 Å². The van der Waals surface area contributed by atoms with Crippen LogP contribution in [0.25, 0.3) is 0 Å². The van der Waals surface area contributed by atoms with Crippen LogP contribution in [0, 0.1) is 11.3 Å². The smallest absolute Gasteiger partial charge is 0.0782 e. The molecule has 0 unspecified atom stereocenters. The summed E-state index contributed by atoms with van der Waals surface area (Å²) in [7, 11) is 4.69. The molecule has 0 heterocycles. The molecular weight excluding hydrogens is 328 g/mol. The summed E-state index contributed by atoms with van der Waals surface area (Å²) < 4.78 is 1.13. The maximum atomic E-state index is 8.60. The first-order chi connectivity index (χ1) is 13.1. The van der Waals surface area contributed by atoms with Crippen LogP contribution in [0.4, 0.5) is 0 Å². The topological polar surface area (TPSA) is 23.8 Å². The molecule has 0 aliphatic carbocycles. The van der Waals surface area contributed by atoms with E-state index in [2.05, 4.69) is 27.1 Å². The molecule has 27 heavy (non-hydrogen) atoms. The highest BCUT2D eigenvalue weighted by Crippen LogP contribution is 2.14. The Kier molecular flexibility index (Phi) is 19.8. The van der Waals surface area contributed by atoms with Gasteiger partial charge in [-0.25, -0.2) is 0 Å². The molecule has 0 radical (unpaired) electrons. The van der Waals surface area contributed by atoms with Crippen molar-refractivity contribution in [1.29, 1.82) is 5.26 Å². The van der Waals surface area contributed by atoms with Crippen LogP contribution in [0.5, 0.6) is 0 Å². The van der Waals surface area contributed by atoms with E-state index in [4.69, 9.17) is 5.26 Å². The van der Waals surface area contributed by atoms with Gasteiger partial charge in [0.05, 0.1) is 33.3 Å². The first-order valence-corrected chi connectivity index (χ1v) is 12.3. The number of nitriles is 1. The lowest BCUT2D eigenvalue weighted by molar-refractivity contribution is -0.890. The lowest BCUT2D eigenvalue weighted by Gasteiger charge is -2.29. The molecule has 0 aromatic heterocycles. The standard InChI is InChI=1S/C25H51N2/c1-4-5-6-7-8-9-10-11-12-13-14-15-16-17-18-21-24-27(2,3)25-22-19-20-23-26/h4-22,24-25H2,1-3H3/q+1. The molecule has 0 atom stereocenters. The number of hydrogen-bond acceptors (Lipinski definition) is 1. The Bertz CT molecular complexity index is 330. The van der Waals surface area contributed by atoms with Gasteiger partial charge in [-0.05, 0) is 25.7 Å². The quantitative estimate of drug-likeness (QED) is 0.146. The van der Waals surface area contributed by atoms with Crippen molar-refractivity contribution < 1.29 is 4.48 Å². The van der Waals surface area contributed by atoms with E-state index in [9.17, 15) is 0 Å². The van der Waals surface area contributed by atoms with Crippen molar-refractivity contribution in [2.45, 2.75) is 129 Å². The van der Waals surface area contributed by atoms with Gasteiger partial charge in [0.25, 0.3) is 0 Å². The van der Waals surface area contributed by atoms with E-state index in [1.54, 1.807) is 0 Å². The van der Waals surface area contributed by atoms with Gasteiger partial charge in [0.2, 0.25) is 0 Å². The first kappa shape index (κ1) is 26.4. The highest BCUT2D eigenvalue weighted by atomic mass is 15.3. The van der Waals surface area contributed by atoms with Crippen molar-refractivity contribution in [3.8, 4) is 6.07 Å². The fraction of sp³-hybridized carbons (Fsp3) is 0.960. The Hall–Kier alpha value is -0.550. The molecule has 0 spiro atoms. The van der Waals surface area contributed by atoms with Crippen molar-refractivity contribution in [2.24, 2.45) is 0 Å². The zero-order valence-corrected chi connectivity index (χ0v) is 19.2. The summed E-state index contributed by atoms with van der Waals surface area (Å²) in [4.78, 5) is 0. The van der Waals surface area contributed by atoms with Gasteiger partial charge in [-0.15, -0.1) is 0 Å². The fourth-order valence-electron chi connectivity index (χ4n) is 3.94. The summed E-state index contributed by atoms with van der Waals surface area (Å²) in [6.07, 6.45) is 26.0.